The molecule has 1 N–H and O–H groups in total. The summed E-state index contributed by atoms with van der Waals surface area (Å²) in [6.07, 6.45) is 0. The number of imidazole rings is 1. The molecule has 9 heteroatoms. The first-order chi connectivity index (χ1) is 18.4. The van der Waals surface area contributed by atoms with Crippen LogP contribution in [-0.4, -0.2) is 38.7 Å². The molecule has 0 aliphatic carbocycles. The number of aromatic amines is 1. The van der Waals surface area contributed by atoms with Crippen molar-refractivity contribution in [3.05, 3.63) is 111 Å². The molecule has 0 bridgehead atoms. The van der Waals surface area contributed by atoms with Gasteiger partial charge in [0.25, 0.3) is 0 Å². The summed E-state index contributed by atoms with van der Waals surface area (Å²) in [5.74, 6) is 0.701. The van der Waals surface area contributed by atoms with E-state index >= 15 is 0 Å². The maximum atomic E-state index is 14.2. The number of allylic oxidation sites excluding steroid dienone is 1. The summed E-state index contributed by atoms with van der Waals surface area (Å²) in [6, 6.07) is 18.9. The first-order valence-corrected chi connectivity index (χ1v) is 12.3. The van der Waals surface area contributed by atoms with E-state index in [4.69, 9.17) is 14.2 Å². The highest BCUT2D eigenvalue weighted by molar-refractivity contribution is 5.99. The summed E-state index contributed by atoms with van der Waals surface area (Å²) in [7, 11) is 4.06. The molecule has 0 radical (unpaired) electrons. The van der Waals surface area contributed by atoms with Crippen LogP contribution in [0.1, 0.15) is 40.8 Å². The second-order valence-corrected chi connectivity index (χ2v) is 9.70. The Balaban J connectivity index is 1.47. The fraction of sp³-hybridized carbons (Fsp3) is 0.207. The Hall–Kier alpha value is -4.50. The van der Waals surface area contributed by atoms with Crippen molar-refractivity contribution >= 4 is 22.2 Å². The van der Waals surface area contributed by atoms with Crippen LogP contribution in [0.4, 0.5) is 4.39 Å². The number of halogens is 1. The van der Waals surface area contributed by atoms with Crippen molar-refractivity contribution in [1.82, 2.24) is 24.6 Å². The Bertz CT molecular complexity index is 1760. The Labute approximate surface area is 218 Å². The molecule has 38 heavy (non-hydrogen) atoms. The molecule has 2 aromatic heterocycles. The van der Waals surface area contributed by atoms with Crippen molar-refractivity contribution in [2.24, 2.45) is 0 Å². The molecule has 3 heterocycles. The molecule has 8 nitrogen and oxygen atoms in total. The zero-order valence-corrected chi connectivity index (χ0v) is 21.3. The highest BCUT2D eigenvalue weighted by Gasteiger charge is 2.24. The summed E-state index contributed by atoms with van der Waals surface area (Å²) in [4.78, 5) is 21.3. The zero-order valence-electron chi connectivity index (χ0n) is 21.3. The Morgan fingerprint density at radius 1 is 1.11 bits per heavy atom. The van der Waals surface area contributed by atoms with Crippen LogP contribution in [0.2, 0.25) is 0 Å². The van der Waals surface area contributed by atoms with Gasteiger partial charge in [-0.2, -0.15) is 0 Å². The minimum atomic E-state index is -0.638. The Morgan fingerprint density at radius 2 is 1.92 bits per heavy atom. The smallest absolute Gasteiger partial charge is 0.439 e. The second-order valence-electron chi connectivity index (χ2n) is 9.70. The average molecular weight is 512 g/mol. The lowest BCUT2D eigenvalue weighted by molar-refractivity contribution is 0.305. The lowest BCUT2D eigenvalue weighted by Gasteiger charge is -2.16. The molecule has 0 unspecified atom stereocenters. The van der Waals surface area contributed by atoms with E-state index in [-0.39, 0.29) is 12.4 Å². The highest BCUT2D eigenvalue weighted by atomic mass is 19.1. The van der Waals surface area contributed by atoms with E-state index in [2.05, 4.69) is 37.8 Å². The quantitative estimate of drug-likeness (QED) is 0.364. The highest BCUT2D eigenvalue weighted by Crippen LogP contribution is 2.41. The SMILES string of the molecule is C/C(=C1/c2ccc(Cn3c(CN(C)C)nc4ccccc43)cc2COc2cc(F)ccc21)c1noc(=O)[nH]1. The van der Waals surface area contributed by atoms with Gasteiger partial charge >= 0.3 is 5.76 Å². The molecule has 0 amide bonds. The number of para-hydroxylation sites is 2. The molecule has 192 valence electrons. The minimum Gasteiger partial charge on any atom is -0.488 e. The molecule has 3 aromatic carbocycles. The summed E-state index contributed by atoms with van der Waals surface area (Å²) in [5.41, 5.74) is 7.18. The zero-order chi connectivity index (χ0) is 26.4. The van der Waals surface area contributed by atoms with Crippen LogP contribution >= 0.6 is 0 Å². The van der Waals surface area contributed by atoms with Gasteiger partial charge < -0.3 is 14.2 Å². The van der Waals surface area contributed by atoms with E-state index in [1.807, 2.05) is 45.3 Å². The van der Waals surface area contributed by atoms with Gasteiger partial charge in [-0.25, -0.2) is 14.2 Å². The fourth-order valence-electron chi connectivity index (χ4n) is 5.03. The molecule has 0 fully saturated rings. The number of benzene rings is 3. The average Bonchev–Trinajstić information content (AvgIpc) is 3.43. The van der Waals surface area contributed by atoms with E-state index in [1.54, 1.807) is 6.07 Å². The molecule has 5 aromatic rings. The van der Waals surface area contributed by atoms with Crippen LogP contribution in [0.5, 0.6) is 5.75 Å². The normalized spacial score (nSPS) is 14.2. The van der Waals surface area contributed by atoms with Crippen molar-refractivity contribution in [2.75, 3.05) is 14.1 Å². The van der Waals surface area contributed by atoms with Gasteiger partial charge in [-0.3, -0.25) is 9.51 Å². The van der Waals surface area contributed by atoms with Crippen LogP contribution in [0, 0.1) is 5.82 Å². The number of hydrogen-bond donors (Lipinski definition) is 1. The lowest BCUT2D eigenvalue weighted by atomic mass is 9.89. The number of ether oxygens (including phenoxy) is 1. The van der Waals surface area contributed by atoms with Gasteiger partial charge in [-0.1, -0.05) is 29.4 Å². The Morgan fingerprint density at radius 3 is 2.71 bits per heavy atom. The van der Waals surface area contributed by atoms with E-state index in [0.717, 1.165) is 39.1 Å². The lowest BCUT2D eigenvalue weighted by Crippen LogP contribution is -2.16. The number of hydrogen-bond acceptors (Lipinski definition) is 6. The number of H-pyrrole nitrogens is 1. The summed E-state index contributed by atoms with van der Waals surface area (Å²) >= 11 is 0. The van der Waals surface area contributed by atoms with Crippen molar-refractivity contribution in [3.63, 3.8) is 0 Å². The summed E-state index contributed by atoms with van der Waals surface area (Å²) in [5, 5.41) is 3.88. The fourth-order valence-corrected chi connectivity index (χ4v) is 5.03. The van der Waals surface area contributed by atoms with Crippen molar-refractivity contribution in [2.45, 2.75) is 26.6 Å². The number of nitrogens with zero attached hydrogens (tertiary/aromatic N) is 4. The topological polar surface area (TPSA) is 89.2 Å². The first-order valence-electron chi connectivity index (χ1n) is 12.3. The standard InChI is InChI=1S/C29H26FN5O3/c1-17(28-32-29(36)38-33-28)27-21-10-8-18(12-19(21)16-37-25-13-20(30)9-11-22(25)27)14-35-24-7-5-4-6-23(24)31-26(35)15-34(2)3/h4-13H,14-16H2,1-3H3,(H,32,33,36)/b27-17+. The van der Waals surface area contributed by atoms with Gasteiger partial charge in [0.2, 0.25) is 0 Å². The van der Waals surface area contributed by atoms with Crippen LogP contribution < -0.4 is 10.5 Å². The van der Waals surface area contributed by atoms with Gasteiger partial charge in [0.15, 0.2) is 5.82 Å². The molecule has 1 aliphatic heterocycles. The Kier molecular flexibility index (Phi) is 5.92. The number of fused-ring (bicyclic) bond motifs is 3. The maximum Gasteiger partial charge on any atom is 0.439 e. The molecule has 0 saturated heterocycles. The summed E-state index contributed by atoms with van der Waals surface area (Å²) < 4.78 is 27.3. The van der Waals surface area contributed by atoms with E-state index in [0.29, 0.717) is 35.8 Å². The van der Waals surface area contributed by atoms with Gasteiger partial charge in [-0.05, 0) is 73.6 Å². The van der Waals surface area contributed by atoms with E-state index in [9.17, 15) is 9.18 Å². The van der Waals surface area contributed by atoms with E-state index in [1.165, 1.54) is 12.1 Å². The molecule has 1 aliphatic rings. The molecule has 0 saturated carbocycles. The predicted octanol–water partition coefficient (Wildman–Crippen LogP) is 4.83. The molecule has 6 rings (SSSR count). The largest absolute Gasteiger partial charge is 0.488 e. The third-order valence-electron chi connectivity index (χ3n) is 6.74. The molecular weight excluding hydrogens is 485 g/mol. The van der Waals surface area contributed by atoms with Gasteiger partial charge in [0, 0.05) is 23.7 Å². The number of nitrogens with one attached hydrogen (secondary N) is 1. The van der Waals surface area contributed by atoms with Crippen LogP contribution in [0.25, 0.3) is 22.2 Å². The molecular formula is C29H26FN5O3. The van der Waals surface area contributed by atoms with Gasteiger partial charge in [-0.15, -0.1) is 0 Å². The number of aromatic nitrogens is 4. The number of rotatable bonds is 5. The van der Waals surface area contributed by atoms with Gasteiger partial charge in [0.05, 0.1) is 17.6 Å². The second kappa shape index (κ2) is 9.42. The van der Waals surface area contributed by atoms with Crippen LogP contribution in [0.3, 0.4) is 0 Å². The van der Waals surface area contributed by atoms with Gasteiger partial charge in [0.1, 0.15) is 24.0 Å². The van der Waals surface area contributed by atoms with E-state index < -0.39 is 5.76 Å². The van der Waals surface area contributed by atoms with Crippen molar-refractivity contribution < 1.29 is 13.7 Å². The van der Waals surface area contributed by atoms with Crippen molar-refractivity contribution in [3.8, 4) is 5.75 Å². The molecule has 0 spiro atoms. The third-order valence-corrected chi connectivity index (χ3v) is 6.74. The molecule has 0 atom stereocenters. The summed E-state index contributed by atoms with van der Waals surface area (Å²) in [6.45, 7) is 3.46. The van der Waals surface area contributed by atoms with Crippen molar-refractivity contribution in [1.29, 1.82) is 0 Å². The van der Waals surface area contributed by atoms with Crippen LogP contribution in [-0.2, 0) is 19.7 Å². The predicted molar refractivity (Wildman–Crippen MR) is 142 cm³/mol. The third kappa shape index (κ3) is 4.31. The monoisotopic (exact) mass is 511 g/mol. The maximum absolute atomic E-state index is 14.2. The van der Waals surface area contributed by atoms with Crippen LogP contribution in [0.15, 0.2) is 70.0 Å². The first kappa shape index (κ1) is 23.9. The minimum absolute atomic E-state index is 0.265.